The van der Waals surface area contributed by atoms with E-state index in [-0.39, 0.29) is 19.0 Å². The number of aliphatic hydroxyl groups is 1. The maximum atomic E-state index is 14.1. The number of carbonyl (C=O) groups excluding carboxylic acids is 4. The van der Waals surface area contributed by atoms with Crippen molar-refractivity contribution in [2.45, 2.75) is 122 Å². The monoisotopic (exact) mass is 592 g/mol. The molecule has 2 aliphatic heterocycles. The van der Waals surface area contributed by atoms with Gasteiger partial charge >= 0.3 is 6.09 Å². The molecular weight excluding hydrogens is 540 g/mol. The molecule has 2 heterocycles. The van der Waals surface area contributed by atoms with E-state index in [0.29, 0.717) is 25.9 Å². The number of ether oxygens (including phenoxy) is 2. The SMILES string of the molecule is C=CCNC(=O)C(O)[C@@H]1CCCCCCCO[C@@H](C)[C@H](NC(=O)OC(C)(C)C)C(=O)N2CC[C@H](C=C(C)C)[C@H]2C(=O)N1. The second-order valence-electron chi connectivity index (χ2n) is 12.5. The van der Waals surface area contributed by atoms with Crippen molar-refractivity contribution in [2.24, 2.45) is 5.92 Å². The molecule has 11 heteroatoms. The van der Waals surface area contributed by atoms with Crippen molar-refractivity contribution in [1.29, 1.82) is 0 Å². The van der Waals surface area contributed by atoms with Gasteiger partial charge in [0.1, 0.15) is 17.7 Å². The largest absolute Gasteiger partial charge is 0.444 e. The second-order valence-corrected chi connectivity index (χ2v) is 12.5. The average Bonchev–Trinajstić information content (AvgIpc) is 3.31. The Kier molecular flexibility index (Phi) is 14.0. The summed E-state index contributed by atoms with van der Waals surface area (Å²) in [6.45, 7) is 15.3. The van der Waals surface area contributed by atoms with Gasteiger partial charge in [-0.25, -0.2) is 4.79 Å². The van der Waals surface area contributed by atoms with E-state index >= 15 is 0 Å². The molecular formula is C31H52N4O7. The third-order valence-electron chi connectivity index (χ3n) is 7.39. The Balaban J connectivity index is 2.45. The molecule has 0 radical (unpaired) electrons. The number of hydrogen-bond donors (Lipinski definition) is 4. The van der Waals surface area contributed by atoms with E-state index < -0.39 is 59.7 Å². The summed E-state index contributed by atoms with van der Waals surface area (Å²) in [6.07, 6.45) is 5.69. The summed E-state index contributed by atoms with van der Waals surface area (Å²) in [5.74, 6) is -1.79. The maximum absolute atomic E-state index is 14.1. The average molecular weight is 593 g/mol. The summed E-state index contributed by atoms with van der Waals surface area (Å²) in [7, 11) is 0. The molecule has 0 aromatic carbocycles. The molecule has 0 aromatic rings. The Labute approximate surface area is 250 Å². The molecule has 1 unspecified atom stereocenters. The van der Waals surface area contributed by atoms with Crippen LogP contribution >= 0.6 is 0 Å². The van der Waals surface area contributed by atoms with Crippen molar-refractivity contribution < 1.29 is 33.8 Å². The van der Waals surface area contributed by atoms with Crippen LogP contribution in [-0.2, 0) is 23.9 Å². The van der Waals surface area contributed by atoms with Crippen LogP contribution in [0, 0.1) is 5.92 Å². The van der Waals surface area contributed by atoms with Gasteiger partial charge in [-0.15, -0.1) is 6.58 Å². The number of hydrogen-bond acceptors (Lipinski definition) is 7. The molecule has 11 nitrogen and oxygen atoms in total. The minimum atomic E-state index is -1.46. The van der Waals surface area contributed by atoms with E-state index in [9.17, 15) is 24.3 Å². The van der Waals surface area contributed by atoms with Crippen LogP contribution in [0.15, 0.2) is 24.3 Å². The number of fused-ring (bicyclic) bond motifs is 1. The molecule has 4 N–H and O–H groups in total. The van der Waals surface area contributed by atoms with Gasteiger partial charge in [0.15, 0.2) is 6.10 Å². The highest BCUT2D eigenvalue weighted by molar-refractivity contribution is 5.93. The summed E-state index contributed by atoms with van der Waals surface area (Å²) >= 11 is 0. The molecule has 4 amide bonds. The quantitative estimate of drug-likeness (QED) is 0.347. The standard InChI is InChI=1S/C31H52N4O7/c1-8-16-32-28(38)26(36)23-14-12-10-9-11-13-18-41-21(4)24(34-30(40)42-31(5,6)7)29(39)35-17-15-22(19-20(2)3)25(35)27(37)33-23/h8,19,21-26,36H,1,9-18H2,2-7H3,(H,32,38)(H,33,37)(H,34,40)/t21-,22+,23-,24-,25-,26?/m0/s1. The first kappa shape index (κ1) is 35.3. The van der Waals surface area contributed by atoms with E-state index in [1.807, 2.05) is 19.9 Å². The van der Waals surface area contributed by atoms with Crippen LogP contribution < -0.4 is 16.0 Å². The summed E-state index contributed by atoms with van der Waals surface area (Å²) in [5, 5.41) is 19.1. The molecule has 2 aliphatic rings. The van der Waals surface area contributed by atoms with Crippen LogP contribution in [0.4, 0.5) is 4.79 Å². The Morgan fingerprint density at radius 1 is 1.17 bits per heavy atom. The highest BCUT2D eigenvalue weighted by Gasteiger charge is 2.45. The number of nitrogens with zero attached hydrogens (tertiary/aromatic N) is 1. The lowest BCUT2D eigenvalue weighted by Gasteiger charge is -2.34. The van der Waals surface area contributed by atoms with Gasteiger partial charge in [0.05, 0.1) is 12.1 Å². The Bertz CT molecular complexity index is 973. The number of rotatable bonds is 6. The number of allylic oxidation sites excluding steroid dienone is 1. The van der Waals surface area contributed by atoms with Gasteiger partial charge in [0.25, 0.3) is 5.91 Å². The summed E-state index contributed by atoms with van der Waals surface area (Å²) in [6, 6.07) is -2.82. The molecule has 0 aromatic heterocycles. The van der Waals surface area contributed by atoms with Gasteiger partial charge in [-0.05, 0) is 60.8 Å². The predicted molar refractivity (Wildman–Crippen MR) is 160 cm³/mol. The molecule has 0 aliphatic carbocycles. The van der Waals surface area contributed by atoms with Crippen molar-refractivity contribution in [1.82, 2.24) is 20.9 Å². The van der Waals surface area contributed by atoms with Crippen LogP contribution in [0.25, 0.3) is 0 Å². The minimum absolute atomic E-state index is 0.191. The molecule has 2 rings (SSSR count). The highest BCUT2D eigenvalue weighted by atomic mass is 16.6. The number of aliphatic hydroxyl groups excluding tert-OH is 1. The first-order chi connectivity index (χ1) is 19.7. The van der Waals surface area contributed by atoms with Crippen molar-refractivity contribution in [3.8, 4) is 0 Å². The maximum Gasteiger partial charge on any atom is 0.408 e. The third-order valence-corrected chi connectivity index (χ3v) is 7.39. The van der Waals surface area contributed by atoms with Crippen LogP contribution in [-0.4, -0.2) is 89.5 Å². The minimum Gasteiger partial charge on any atom is -0.444 e. The van der Waals surface area contributed by atoms with Crippen molar-refractivity contribution in [2.75, 3.05) is 19.7 Å². The number of amides is 4. The van der Waals surface area contributed by atoms with Crippen LogP contribution in [0.2, 0.25) is 0 Å². The number of nitrogens with one attached hydrogen (secondary N) is 3. The van der Waals surface area contributed by atoms with E-state index in [4.69, 9.17) is 9.47 Å². The van der Waals surface area contributed by atoms with Gasteiger partial charge in [-0.3, -0.25) is 14.4 Å². The number of carbonyl (C=O) groups is 4. The van der Waals surface area contributed by atoms with Gasteiger partial charge in [-0.2, -0.15) is 0 Å². The molecule has 0 saturated carbocycles. The van der Waals surface area contributed by atoms with Gasteiger partial charge < -0.3 is 35.4 Å². The topological polar surface area (TPSA) is 146 Å². The third kappa shape index (κ3) is 11.1. The van der Waals surface area contributed by atoms with Crippen LogP contribution in [0.3, 0.4) is 0 Å². The summed E-state index contributed by atoms with van der Waals surface area (Å²) < 4.78 is 11.5. The molecule has 6 atom stereocenters. The van der Waals surface area contributed by atoms with Crippen LogP contribution in [0.1, 0.15) is 86.5 Å². The summed E-state index contributed by atoms with van der Waals surface area (Å²) in [4.78, 5) is 54.9. The Morgan fingerprint density at radius 3 is 2.48 bits per heavy atom. The van der Waals surface area contributed by atoms with E-state index in [0.717, 1.165) is 31.3 Å². The summed E-state index contributed by atoms with van der Waals surface area (Å²) in [5.41, 5.74) is 0.225. The van der Waals surface area contributed by atoms with E-state index in [1.165, 1.54) is 11.0 Å². The smallest absolute Gasteiger partial charge is 0.408 e. The first-order valence-electron chi connectivity index (χ1n) is 15.2. The van der Waals surface area contributed by atoms with Gasteiger partial charge in [0.2, 0.25) is 11.8 Å². The molecule has 2 fully saturated rings. The van der Waals surface area contributed by atoms with E-state index in [2.05, 4.69) is 22.5 Å². The lowest BCUT2D eigenvalue weighted by atomic mass is 9.95. The molecule has 0 bridgehead atoms. The Morgan fingerprint density at radius 2 is 1.83 bits per heavy atom. The Hall–Kier alpha value is -2.92. The fourth-order valence-corrected chi connectivity index (χ4v) is 5.39. The van der Waals surface area contributed by atoms with Gasteiger partial charge in [-0.1, -0.05) is 43.4 Å². The predicted octanol–water partition coefficient (Wildman–Crippen LogP) is 2.97. The fourth-order valence-electron chi connectivity index (χ4n) is 5.39. The zero-order chi connectivity index (χ0) is 31.4. The fraction of sp³-hybridized carbons (Fsp3) is 0.742. The first-order valence-corrected chi connectivity index (χ1v) is 15.2. The highest BCUT2D eigenvalue weighted by Crippen LogP contribution is 2.29. The molecule has 42 heavy (non-hydrogen) atoms. The normalized spacial score (nSPS) is 27.2. The molecule has 238 valence electrons. The molecule has 2 saturated heterocycles. The van der Waals surface area contributed by atoms with Gasteiger partial charge in [0, 0.05) is 25.6 Å². The molecule has 0 spiro atoms. The van der Waals surface area contributed by atoms with Crippen molar-refractivity contribution >= 4 is 23.8 Å². The van der Waals surface area contributed by atoms with Crippen LogP contribution in [0.5, 0.6) is 0 Å². The zero-order valence-electron chi connectivity index (χ0n) is 26.2. The number of alkyl carbamates (subject to hydrolysis) is 1. The zero-order valence-corrected chi connectivity index (χ0v) is 26.2. The lowest BCUT2D eigenvalue weighted by molar-refractivity contribution is -0.144. The van der Waals surface area contributed by atoms with Crippen molar-refractivity contribution in [3.63, 3.8) is 0 Å². The van der Waals surface area contributed by atoms with E-state index in [1.54, 1.807) is 27.7 Å². The van der Waals surface area contributed by atoms with Crippen molar-refractivity contribution in [3.05, 3.63) is 24.3 Å². The lowest BCUT2D eigenvalue weighted by Crippen LogP contribution is -2.60. The second kappa shape index (κ2) is 16.6.